The van der Waals surface area contributed by atoms with E-state index in [1.54, 1.807) is 48.5 Å². The molecule has 0 unspecified atom stereocenters. The van der Waals surface area contributed by atoms with E-state index in [1.165, 1.54) is 0 Å². The Morgan fingerprint density at radius 2 is 1.53 bits per heavy atom. The molecule has 0 aliphatic carbocycles. The van der Waals surface area contributed by atoms with Crippen molar-refractivity contribution in [3.63, 3.8) is 0 Å². The molecule has 0 saturated heterocycles. The van der Waals surface area contributed by atoms with Gasteiger partial charge in [-0.2, -0.15) is 0 Å². The number of hydrogen-bond donors (Lipinski definition) is 1. The molecule has 0 spiro atoms. The second-order valence-electron chi connectivity index (χ2n) is 7.33. The van der Waals surface area contributed by atoms with E-state index in [-0.39, 0.29) is 11.3 Å². The largest absolute Gasteiger partial charge is 0.494 e. The Kier molecular flexibility index (Phi) is 6.58. The molecule has 0 fully saturated rings. The normalized spacial score (nSPS) is 13.5. The van der Waals surface area contributed by atoms with Gasteiger partial charge in [0.2, 0.25) is 0 Å². The van der Waals surface area contributed by atoms with Gasteiger partial charge in [-0.3, -0.25) is 9.59 Å². The molecule has 8 heteroatoms. The van der Waals surface area contributed by atoms with Crippen molar-refractivity contribution in [1.29, 1.82) is 0 Å². The van der Waals surface area contributed by atoms with Crippen molar-refractivity contribution in [2.45, 2.75) is 13.8 Å². The van der Waals surface area contributed by atoms with Crippen LogP contribution in [0, 0.1) is 11.6 Å². The fourth-order valence-electron chi connectivity index (χ4n) is 3.65. The van der Waals surface area contributed by atoms with Gasteiger partial charge in [0, 0.05) is 17.8 Å². The summed E-state index contributed by atoms with van der Waals surface area (Å²) in [6, 6.07) is 16.1. The average Bonchev–Trinajstić information content (AvgIpc) is 3.06. The average molecular weight is 464 g/mol. The Balaban J connectivity index is 1.80. The second-order valence-corrected chi connectivity index (χ2v) is 7.33. The van der Waals surface area contributed by atoms with Crippen LogP contribution >= 0.6 is 0 Å². The molecule has 174 valence electrons. The van der Waals surface area contributed by atoms with Gasteiger partial charge in [0.15, 0.2) is 0 Å². The number of anilines is 2. The highest BCUT2D eigenvalue weighted by Crippen LogP contribution is 2.36. The van der Waals surface area contributed by atoms with E-state index >= 15 is 0 Å². The number of benzene rings is 3. The van der Waals surface area contributed by atoms with Crippen molar-refractivity contribution in [2.24, 2.45) is 0 Å². The summed E-state index contributed by atoms with van der Waals surface area (Å²) < 4.78 is 39.4. The molecule has 1 aliphatic heterocycles. The Morgan fingerprint density at radius 1 is 0.824 bits per heavy atom. The highest BCUT2D eigenvalue weighted by molar-refractivity contribution is 6.46. The lowest BCUT2D eigenvalue weighted by Crippen LogP contribution is -2.33. The van der Waals surface area contributed by atoms with Crippen LogP contribution in [0.2, 0.25) is 0 Å². The van der Waals surface area contributed by atoms with Gasteiger partial charge in [-0.25, -0.2) is 13.7 Å². The highest BCUT2D eigenvalue weighted by Gasteiger charge is 2.41. The van der Waals surface area contributed by atoms with Crippen LogP contribution in [0.25, 0.3) is 5.57 Å². The molecular formula is C26H22F2N2O4. The fourth-order valence-corrected chi connectivity index (χ4v) is 3.65. The lowest BCUT2D eigenvalue weighted by molar-refractivity contribution is -0.120. The quantitative estimate of drug-likeness (QED) is 0.467. The predicted molar refractivity (Wildman–Crippen MR) is 125 cm³/mol. The zero-order chi connectivity index (χ0) is 24.2. The maximum atomic E-state index is 14.5. The highest BCUT2D eigenvalue weighted by atomic mass is 19.1. The molecule has 0 aromatic heterocycles. The third-order valence-corrected chi connectivity index (χ3v) is 5.10. The van der Waals surface area contributed by atoms with E-state index in [2.05, 4.69) is 5.32 Å². The van der Waals surface area contributed by atoms with Gasteiger partial charge in [0.1, 0.15) is 28.8 Å². The third-order valence-electron chi connectivity index (χ3n) is 5.10. The zero-order valence-corrected chi connectivity index (χ0v) is 18.6. The van der Waals surface area contributed by atoms with Crippen molar-refractivity contribution in [3.05, 3.63) is 89.6 Å². The van der Waals surface area contributed by atoms with Crippen molar-refractivity contribution >= 4 is 28.8 Å². The third kappa shape index (κ3) is 4.47. The Labute approximate surface area is 195 Å². The van der Waals surface area contributed by atoms with Crippen molar-refractivity contribution in [2.75, 3.05) is 23.4 Å². The summed E-state index contributed by atoms with van der Waals surface area (Å²) in [6.07, 6.45) is 0. The number of amides is 2. The van der Waals surface area contributed by atoms with Crippen molar-refractivity contribution in [1.82, 2.24) is 0 Å². The standard InChI is InChI=1S/C26H22F2N2O4/c1-3-33-19-11-8-16(9-12-19)23-24(29-18-6-5-7-20(15-18)34-4-2)26(32)30(25(23)31)22-14-17(27)10-13-21(22)28/h5-15,29H,3-4H2,1-2H3. The minimum atomic E-state index is -0.895. The Morgan fingerprint density at radius 3 is 2.24 bits per heavy atom. The number of carbonyl (C=O) groups is 2. The minimum absolute atomic E-state index is 0.0264. The van der Waals surface area contributed by atoms with E-state index in [1.807, 2.05) is 13.8 Å². The van der Waals surface area contributed by atoms with E-state index in [9.17, 15) is 18.4 Å². The lowest BCUT2D eigenvalue weighted by atomic mass is 10.0. The summed E-state index contributed by atoms with van der Waals surface area (Å²) in [5.74, 6) is -2.09. The Bertz CT molecular complexity index is 1270. The molecule has 1 N–H and O–H groups in total. The van der Waals surface area contributed by atoms with Crippen LogP contribution in [-0.2, 0) is 9.59 Å². The van der Waals surface area contributed by atoms with Crippen LogP contribution < -0.4 is 19.7 Å². The summed E-state index contributed by atoms with van der Waals surface area (Å²) in [7, 11) is 0. The Hall–Kier alpha value is -4.20. The van der Waals surface area contributed by atoms with Gasteiger partial charge in [-0.05, 0) is 55.8 Å². The monoisotopic (exact) mass is 464 g/mol. The van der Waals surface area contributed by atoms with Gasteiger partial charge < -0.3 is 14.8 Å². The predicted octanol–water partition coefficient (Wildman–Crippen LogP) is 5.16. The number of halogens is 2. The maximum absolute atomic E-state index is 14.5. The van der Waals surface area contributed by atoms with Crippen LogP contribution in [0.3, 0.4) is 0 Å². The lowest BCUT2D eigenvalue weighted by Gasteiger charge is -2.16. The molecule has 2 amide bonds. The maximum Gasteiger partial charge on any atom is 0.282 e. The van der Waals surface area contributed by atoms with E-state index < -0.39 is 29.1 Å². The molecule has 0 radical (unpaired) electrons. The molecule has 34 heavy (non-hydrogen) atoms. The first-order chi connectivity index (χ1) is 16.4. The number of nitrogens with zero attached hydrogens (tertiary/aromatic N) is 1. The van der Waals surface area contributed by atoms with Crippen LogP contribution in [0.4, 0.5) is 20.2 Å². The molecule has 1 aliphatic rings. The van der Waals surface area contributed by atoms with Gasteiger partial charge in [0.25, 0.3) is 11.8 Å². The zero-order valence-electron chi connectivity index (χ0n) is 18.6. The van der Waals surface area contributed by atoms with Crippen LogP contribution in [-0.4, -0.2) is 25.0 Å². The summed E-state index contributed by atoms with van der Waals surface area (Å²) in [4.78, 5) is 27.4. The molecular weight excluding hydrogens is 442 g/mol. The number of ether oxygens (including phenoxy) is 2. The molecule has 4 rings (SSSR count). The summed E-state index contributed by atoms with van der Waals surface area (Å²) >= 11 is 0. The van der Waals surface area contributed by atoms with Gasteiger partial charge in [-0.1, -0.05) is 18.2 Å². The summed E-state index contributed by atoms with van der Waals surface area (Å²) in [5, 5.41) is 2.98. The number of nitrogens with one attached hydrogen (secondary N) is 1. The number of imide groups is 1. The molecule has 3 aromatic carbocycles. The number of rotatable bonds is 8. The first kappa shape index (κ1) is 23.0. The molecule has 0 saturated carbocycles. The number of hydrogen-bond acceptors (Lipinski definition) is 5. The molecule has 1 heterocycles. The molecule has 0 atom stereocenters. The van der Waals surface area contributed by atoms with Crippen molar-refractivity contribution < 1.29 is 27.8 Å². The molecule has 0 bridgehead atoms. The van der Waals surface area contributed by atoms with Crippen LogP contribution in [0.1, 0.15) is 19.4 Å². The summed E-state index contributed by atoms with van der Waals surface area (Å²) in [5.41, 5.74) is 0.417. The summed E-state index contributed by atoms with van der Waals surface area (Å²) in [6.45, 7) is 4.61. The van der Waals surface area contributed by atoms with E-state index in [4.69, 9.17) is 9.47 Å². The molecule has 3 aromatic rings. The van der Waals surface area contributed by atoms with Gasteiger partial charge >= 0.3 is 0 Å². The second kappa shape index (κ2) is 9.74. The van der Waals surface area contributed by atoms with Gasteiger partial charge in [0.05, 0.1) is 24.5 Å². The van der Waals surface area contributed by atoms with E-state index in [0.717, 1.165) is 18.2 Å². The molecule has 6 nitrogen and oxygen atoms in total. The SMILES string of the molecule is CCOc1ccc(C2=C(Nc3cccc(OCC)c3)C(=O)N(c3cc(F)ccc3F)C2=O)cc1. The minimum Gasteiger partial charge on any atom is -0.494 e. The fraction of sp³-hybridized carbons (Fsp3) is 0.154. The van der Waals surface area contributed by atoms with Crippen LogP contribution in [0.5, 0.6) is 11.5 Å². The van der Waals surface area contributed by atoms with Crippen LogP contribution in [0.15, 0.2) is 72.4 Å². The topological polar surface area (TPSA) is 67.9 Å². The first-order valence-electron chi connectivity index (χ1n) is 10.7. The smallest absolute Gasteiger partial charge is 0.282 e. The van der Waals surface area contributed by atoms with E-state index in [0.29, 0.717) is 40.9 Å². The van der Waals surface area contributed by atoms with Crippen molar-refractivity contribution in [3.8, 4) is 11.5 Å². The number of carbonyl (C=O) groups excluding carboxylic acids is 2. The van der Waals surface area contributed by atoms with Gasteiger partial charge in [-0.15, -0.1) is 0 Å². The first-order valence-corrected chi connectivity index (χ1v) is 10.7.